The van der Waals surface area contributed by atoms with Crippen molar-refractivity contribution >= 4 is 21.2 Å². The second-order valence-electron chi connectivity index (χ2n) is 4.07. The lowest BCUT2D eigenvalue weighted by atomic mass is 9.80. The van der Waals surface area contributed by atoms with Crippen molar-refractivity contribution in [3.8, 4) is 6.07 Å². The molecule has 6 heteroatoms. The lowest BCUT2D eigenvalue weighted by molar-refractivity contribution is 0.0797. The molecule has 1 aromatic heterocycles. The molecule has 16 heavy (non-hydrogen) atoms. The van der Waals surface area contributed by atoms with E-state index in [1.54, 1.807) is 16.8 Å². The Morgan fingerprint density at radius 3 is 2.81 bits per heavy atom. The summed E-state index contributed by atoms with van der Waals surface area (Å²) in [5, 5.41) is 22.8. The van der Waals surface area contributed by atoms with E-state index in [9.17, 15) is 13.5 Å². The molecule has 2 rings (SSSR count). The van der Waals surface area contributed by atoms with E-state index in [-0.39, 0.29) is 17.9 Å². The average molecular weight is 257 g/mol. The summed E-state index contributed by atoms with van der Waals surface area (Å²) in [6.07, 6.45) is -0.802. The van der Waals surface area contributed by atoms with Gasteiger partial charge in [-0.2, -0.15) is 16.6 Å². The van der Waals surface area contributed by atoms with E-state index in [0.717, 1.165) is 0 Å². The van der Waals surface area contributed by atoms with E-state index in [1.807, 2.05) is 6.07 Å². The van der Waals surface area contributed by atoms with Crippen LogP contribution in [-0.4, -0.2) is 25.0 Å². The SMILES string of the molecule is N#CC1(C(O)c2ccsc2)CCS(=O)(=O)C1. The molecule has 1 saturated heterocycles. The van der Waals surface area contributed by atoms with Crippen LogP contribution in [0.2, 0.25) is 0 Å². The first kappa shape index (κ1) is 11.6. The van der Waals surface area contributed by atoms with Crippen LogP contribution in [0.5, 0.6) is 0 Å². The lowest BCUT2D eigenvalue weighted by Gasteiger charge is -2.24. The zero-order valence-electron chi connectivity index (χ0n) is 8.46. The van der Waals surface area contributed by atoms with Gasteiger partial charge in [0.2, 0.25) is 0 Å². The first-order valence-corrected chi connectivity index (χ1v) is 7.57. The van der Waals surface area contributed by atoms with Gasteiger partial charge in [0, 0.05) is 0 Å². The van der Waals surface area contributed by atoms with Gasteiger partial charge in [-0.3, -0.25) is 0 Å². The topological polar surface area (TPSA) is 78.2 Å². The number of thiophene rings is 1. The third kappa shape index (κ3) is 1.86. The predicted molar refractivity (Wildman–Crippen MR) is 60.6 cm³/mol. The molecule has 0 bridgehead atoms. The second kappa shape index (κ2) is 3.84. The highest BCUT2D eigenvalue weighted by Gasteiger charge is 2.48. The molecular formula is C10H11NO3S2. The van der Waals surface area contributed by atoms with Crippen LogP contribution in [0.25, 0.3) is 0 Å². The van der Waals surface area contributed by atoms with E-state index >= 15 is 0 Å². The molecule has 0 saturated carbocycles. The van der Waals surface area contributed by atoms with Crippen LogP contribution in [-0.2, 0) is 9.84 Å². The third-order valence-electron chi connectivity index (χ3n) is 2.94. The van der Waals surface area contributed by atoms with Crippen molar-refractivity contribution in [2.24, 2.45) is 5.41 Å². The molecule has 1 aromatic rings. The summed E-state index contributed by atoms with van der Waals surface area (Å²) in [4.78, 5) is 0. The molecule has 86 valence electrons. The average Bonchev–Trinajstić information content (AvgIpc) is 2.85. The van der Waals surface area contributed by atoms with Crippen LogP contribution in [0, 0.1) is 16.7 Å². The van der Waals surface area contributed by atoms with Gasteiger partial charge >= 0.3 is 0 Å². The number of aliphatic hydroxyl groups is 1. The number of aliphatic hydroxyl groups excluding tert-OH is 1. The van der Waals surface area contributed by atoms with Crippen molar-refractivity contribution in [3.63, 3.8) is 0 Å². The van der Waals surface area contributed by atoms with Gasteiger partial charge in [0.25, 0.3) is 0 Å². The highest BCUT2D eigenvalue weighted by Crippen LogP contribution is 2.43. The lowest BCUT2D eigenvalue weighted by Crippen LogP contribution is -2.28. The number of nitrogens with zero attached hydrogens (tertiary/aromatic N) is 1. The summed E-state index contributed by atoms with van der Waals surface area (Å²) < 4.78 is 22.8. The van der Waals surface area contributed by atoms with Crippen molar-refractivity contribution < 1.29 is 13.5 Å². The quantitative estimate of drug-likeness (QED) is 0.861. The first-order chi connectivity index (χ1) is 7.49. The van der Waals surface area contributed by atoms with E-state index in [2.05, 4.69) is 0 Å². The fourth-order valence-corrected chi connectivity index (χ4v) is 4.64. The van der Waals surface area contributed by atoms with Crippen LogP contribution in [0.4, 0.5) is 0 Å². The molecule has 0 aromatic carbocycles. The molecule has 2 heterocycles. The van der Waals surface area contributed by atoms with Gasteiger partial charge in [0.05, 0.1) is 23.7 Å². The number of sulfone groups is 1. The Hall–Kier alpha value is -0.900. The second-order valence-corrected chi connectivity index (χ2v) is 7.03. The molecule has 0 spiro atoms. The van der Waals surface area contributed by atoms with Crippen LogP contribution < -0.4 is 0 Å². The standard InChI is InChI=1S/C10H11NO3S2/c11-6-10(2-4-16(13,14)7-10)9(12)8-1-3-15-5-8/h1,3,5,9,12H,2,4,7H2. The van der Waals surface area contributed by atoms with Crippen LogP contribution >= 0.6 is 11.3 Å². The Morgan fingerprint density at radius 1 is 1.62 bits per heavy atom. The van der Waals surface area contributed by atoms with Gasteiger partial charge in [0.15, 0.2) is 9.84 Å². The minimum absolute atomic E-state index is 0.0121. The summed E-state index contributed by atoms with van der Waals surface area (Å²) in [6.45, 7) is 0. The highest BCUT2D eigenvalue weighted by atomic mass is 32.2. The summed E-state index contributed by atoms with van der Waals surface area (Å²) in [7, 11) is -3.18. The molecular weight excluding hydrogens is 246 g/mol. The molecule has 1 aliphatic rings. The Morgan fingerprint density at radius 2 is 2.38 bits per heavy atom. The van der Waals surface area contributed by atoms with E-state index in [1.165, 1.54) is 11.3 Å². The Labute approximate surface area is 98.1 Å². The van der Waals surface area contributed by atoms with Crippen LogP contribution in [0.3, 0.4) is 0 Å². The smallest absolute Gasteiger partial charge is 0.152 e. The highest BCUT2D eigenvalue weighted by molar-refractivity contribution is 7.91. The maximum absolute atomic E-state index is 11.4. The summed E-state index contributed by atoms with van der Waals surface area (Å²) in [5.41, 5.74) is -0.538. The largest absolute Gasteiger partial charge is 0.387 e. The van der Waals surface area contributed by atoms with E-state index in [0.29, 0.717) is 5.56 Å². The van der Waals surface area contributed by atoms with Crippen molar-refractivity contribution in [2.45, 2.75) is 12.5 Å². The fourth-order valence-electron chi connectivity index (χ4n) is 1.99. The summed E-state index contributed by atoms with van der Waals surface area (Å²) >= 11 is 1.42. The molecule has 4 nitrogen and oxygen atoms in total. The van der Waals surface area contributed by atoms with Crippen molar-refractivity contribution in [3.05, 3.63) is 22.4 Å². The van der Waals surface area contributed by atoms with Gasteiger partial charge in [-0.1, -0.05) is 0 Å². The van der Waals surface area contributed by atoms with Gasteiger partial charge in [0.1, 0.15) is 5.41 Å². The number of nitriles is 1. The van der Waals surface area contributed by atoms with Crippen molar-refractivity contribution in [1.82, 2.24) is 0 Å². The third-order valence-corrected chi connectivity index (χ3v) is 5.42. The van der Waals surface area contributed by atoms with Gasteiger partial charge < -0.3 is 5.11 Å². The minimum atomic E-state index is -3.18. The summed E-state index contributed by atoms with van der Waals surface area (Å²) in [5.74, 6) is -0.255. The van der Waals surface area contributed by atoms with Gasteiger partial charge in [-0.25, -0.2) is 8.42 Å². The predicted octanol–water partition coefficient (Wildman–Crippen LogP) is 1.11. The Kier molecular flexibility index (Phi) is 2.78. The van der Waals surface area contributed by atoms with Gasteiger partial charge in [-0.05, 0) is 28.8 Å². The molecule has 2 unspecified atom stereocenters. The zero-order valence-corrected chi connectivity index (χ0v) is 10.1. The Bertz CT molecular complexity index is 515. The first-order valence-electron chi connectivity index (χ1n) is 4.81. The van der Waals surface area contributed by atoms with Gasteiger partial charge in [-0.15, -0.1) is 0 Å². The van der Waals surface area contributed by atoms with E-state index < -0.39 is 21.4 Å². The Balaban J connectivity index is 2.35. The molecule has 0 aliphatic carbocycles. The fraction of sp³-hybridized carbons (Fsp3) is 0.500. The monoisotopic (exact) mass is 257 g/mol. The van der Waals surface area contributed by atoms with Crippen LogP contribution in [0.15, 0.2) is 16.8 Å². The van der Waals surface area contributed by atoms with Crippen molar-refractivity contribution in [1.29, 1.82) is 5.26 Å². The normalized spacial score (nSPS) is 29.8. The maximum atomic E-state index is 11.4. The summed E-state index contributed by atoms with van der Waals surface area (Å²) in [6, 6.07) is 3.72. The molecule has 0 radical (unpaired) electrons. The molecule has 0 amide bonds. The molecule has 1 aliphatic heterocycles. The zero-order chi connectivity index (χ0) is 11.8. The van der Waals surface area contributed by atoms with Crippen LogP contribution in [0.1, 0.15) is 18.1 Å². The molecule has 1 N–H and O–H groups in total. The van der Waals surface area contributed by atoms with E-state index in [4.69, 9.17) is 5.26 Å². The number of hydrogen-bond acceptors (Lipinski definition) is 5. The number of rotatable bonds is 2. The maximum Gasteiger partial charge on any atom is 0.152 e. The molecule has 2 atom stereocenters. The molecule has 1 fully saturated rings. The number of hydrogen-bond donors (Lipinski definition) is 1. The minimum Gasteiger partial charge on any atom is -0.387 e. The van der Waals surface area contributed by atoms with Crippen molar-refractivity contribution in [2.75, 3.05) is 11.5 Å².